The fourth-order valence-electron chi connectivity index (χ4n) is 3.97. The molecule has 0 unspecified atom stereocenters. The molecule has 0 radical (unpaired) electrons. The Morgan fingerprint density at radius 3 is 2.52 bits per heavy atom. The Morgan fingerprint density at radius 2 is 1.87 bits per heavy atom. The third kappa shape index (κ3) is 6.89. The fraction of sp³-hybridized carbons (Fsp3) is 0.652. The molecular formula is C23H37IN4O3. The van der Waals surface area contributed by atoms with Crippen LogP contribution in [0.2, 0.25) is 0 Å². The summed E-state index contributed by atoms with van der Waals surface area (Å²) >= 11 is 0. The predicted molar refractivity (Wildman–Crippen MR) is 135 cm³/mol. The quantitative estimate of drug-likeness (QED) is 0.327. The second-order valence-electron chi connectivity index (χ2n) is 8.72. The van der Waals surface area contributed by atoms with Crippen LogP contribution in [-0.2, 0) is 10.2 Å². The van der Waals surface area contributed by atoms with Crippen molar-refractivity contribution >= 4 is 35.8 Å². The van der Waals surface area contributed by atoms with E-state index in [9.17, 15) is 4.79 Å². The maximum atomic E-state index is 11.7. The molecule has 174 valence electrons. The summed E-state index contributed by atoms with van der Waals surface area (Å²) in [5.41, 5.74) is 1.06. The monoisotopic (exact) mass is 544 g/mol. The number of halogens is 1. The number of guanidine groups is 1. The normalized spacial score (nSPS) is 17.0. The molecule has 2 aliphatic rings. The van der Waals surface area contributed by atoms with Crippen LogP contribution in [0.3, 0.4) is 0 Å². The number of carbonyl (C=O) groups excluding carboxylic acids is 1. The Morgan fingerprint density at radius 1 is 1.19 bits per heavy atom. The van der Waals surface area contributed by atoms with Crippen LogP contribution in [-0.4, -0.2) is 63.2 Å². The molecule has 0 bridgehead atoms. The van der Waals surface area contributed by atoms with E-state index >= 15 is 0 Å². The largest absolute Gasteiger partial charge is 0.486 e. The number of piperidine rings is 1. The van der Waals surface area contributed by atoms with Gasteiger partial charge in [-0.05, 0) is 43.4 Å². The van der Waals surface area contributed by atoms with Crippen LogP contribution in [0.4, 0.5) is 0 Å². The summed E-state index contributed by atoms with van der Waals surface area (Å²) < 4.78 is 11.4. The number of aliphatic imine (C=N–C) groups is 1. The Labute approximate surface area is 203 Å². The van der Waals surface area contributed by atoms with Gasteiger partial charge in [-0.15, -0.1) is 24.0 Å². The standard InChI is InChI=1S/C23H36N4O3.HI/c1-5-25-22(27-10-8-17(9-11-27)14-21(28)24-4)26-16-23(2,3)18-6-7-19-20(15-18)30-13-12-29-19;/h6-7,15,17H,5,8-14,16H2,1-4H3,(H,24,28)(H,25,26);1H. The number of hydrogen-bond donors (Lipinski definition) is 2. The minimum Gasteiger partial charge on any atom is -0.486 e. The number of nitrogens with zero attached hydrogens (tertiary/aromatic N) is 2. The van der Waals surface area contributed by atoms with Crippen LogP contribution in [0.1, 0.15) is 45.6 Å². The average Bonchev–Trinajstić information content (AvgIpc) is 2.76. The van der Waals surface area contributed by atoms with Gasteiger partial charge in [0.15, 0.2) is 17.5 Å². The molecule has 1 aromatic carbocycles. The Kier molecular flexibility index (Phi) is 9.71. The van der Waals surface area contributed by atoms with Crippen LogP contribution >= 0.6 is 24.0 Å². The molecule has 0 aliphatic carbocycles. The third-order valence-corrected chi connectivity index (χ3v) is 5.95. The van der Waals surface area contributed by atoms with Crippen molar-refractivity contribution in [1.82, 2.24) is 15.5 Å². The molecule has 1 aromatic rings. The lowest BCUT2D eigenvalue weighted by Gasteiger charge is -2.34. The summed E-state index contributed by atoms with van der Waals surface area (Å²) in [5.74, 6) is 3.19. The minimum atomic E-state index is -0.131. The number of amides is 1. The van der Waals surface area contributed by atoms with Crippen LogP contribution < -0.4 is 20.1 Å². The van der Waals surface area contributed by atoms with Crippen LogP contribution in [0, 0.1) is 5.92 Å². The maximum absolute atomic E-state index is 11.7. The second kappa shape index (κ2) is 11.8. The summed E-state index contributed by atoms with van der Waals surface area (Å²) in [6.07, 6.45) is 2.65. The van der Waals surface area contributed by atoms with Gasteiger partial charge in [-0.25, -0.2) is 0 Å². The first-order chi connectivity index (χ1) is 14.4. The van der Waals surface area contributed by atoms with Gasteiger partial charge in [0.05, 0.1) is 6.54 Å². The van der Waals surface area contributed by atoms with E-state index in [0.717, 1.165) is 49.9 Å². The van der Waals surface area contributed by atoms with E-state index < -0.39 is 0 Å². The zero-order valence-electron chi connectivity index (χ0n) is 19.2. The highest BCUT2D eigenvalue weighted by molar-refractivity contribution is 14.0. The third-order valence-electron chi connectivity index (χ3n) is 5.95. The Bertz CT molecular complexity index is 761. The van der Waals surface area contributed by atoms with Gasteiger partial charge in [-0.1, -0.05) is 19.9 Å². The number of fused-ring (bicyclic) bond motifs is 1. The number of carbonyl (C=O) groups is 1. The number of nitrogens with one attached hydrogen (secondary N) is 2. The maximum Gasteiger partial charge on any atom is 0.220 e. The molecule has 31 heavy (non-hydrogen) atoms. The van der Waals surface area contributed by atoms with E-state index in [0.29, 0.717) is 32.1 Å². The number of likely N-dealkylation sites (tertiary alicyclic amines) is 1. The summed E-state index contributed by atoms with van der Waals surface area (Å²) in [6, 6.07) is 6.19. The van der Waals surface area contributed by atoms with Crippen molar-refractivity contribution in [2.75, 3.05) is 46.4 Å². The van der Waals surface area contributed by atoms with Gasteiger partial charge in [0.2, 0.25) is 5.91 Å². The molecule has 1 saturated heterocycles. The molecule has 0 atom stereocenters. The number of ether oxygens (including phenoxy) is 2. The zero-order valence-corrected chi connectivity index (χ0v) is 21.5. The molecule has 1 fully saturated rings. The van der Waals surface area contributed by atoms with E-state index in [2.05, 4.69) is 48.4 Å². The van der Waals surface area contributed by atoms with Crippen molar-refractivity contribution in [1.29, 1.82) is 0 Å². The summed E-state index contributed by atoms with van der Waals surface area (Å²) in [6.45, 7) is 11.1. The number of rotatable bonds is 6. The van der Waals surface area contributed by atoms with Gasteiger partial charge in [0.25, 0.3) is 0 Å². The highest BCUT2D eigenvalue weighted by Crippen LogP contribution is 2.35. The van der Waals surface area contributed by atoms with Crippen LogP contribution in [0.5, 0.6) is 11.5 Å². The van der Waals surface area contributed by atoms with Gasteiger partial charge < -0.3 is 25.0 Å². The molecule has 0 spiro atoms. The lowest BCUT2D eigenvalue weighted by molar-refractivity contribution is -0.121. The first-order valence-electron chi connectivity index (χ1n) is 11.1. The highest BCUT2D eigenvalue weighted by Gasteiger charge is 2.26. The molecule has 2 N–H and O–H groups in total. The number of hydrogen-bond acceptors (Lipinski definition) is 4. The second-order valence-corrected chi connectivity index (χ2v) is 8.72. The fourth-order valence-corrected chi connectivity index (χ4v) is 3.97. The predicted octanol–water partition coefficient (Wildman–Crippen LogP) is 3.17. The van der Waals surface area contributed by atoms with Gasteiger partial charge >= 0.3 is 0 Å². The molecule has 2 aliphatic heterocycles. The van der Waals surface area contributed by atoms with Gasteiger partial charge in [0, 0.05) is 38.5 Å². The van der Waals surface area contributed by atoms with Crippen molar-refractivity contribution in [3.8, 4) is 11.5 Å². The van der Waals surface area contributed by atoms with Crippen molar-refractivity contribution in [2.24, 2.45) is 10.9 Å². The zero-order chi connectivity index (χ0) is 21.6. The van der Waals surface area contributed by atoms with Crippen LogP contribution in [0.25, 0.3) is 0 Å². The molecule has 3 rings (SSSR count). The molecule has 7 nitrogen and oxygen atoms in total. The van der Waals surface area contributed by atoms with Gasteiger partial charge in [0.1, 0.15) is 13.2 Å². The highest BCUT2D eigenvalue weighted by atomic mass is 127. The molecule has 1 amide bonds. The molecule has 0 saturated carbocycles. The Balaban J connectivity index is 0.00000341. The van der Waals surface area contributed by atoms with Gasteiger partial charge in [-0.2, -0.15) is 0 Å². The summed E-state index contributed by atoms with van der Waals surface area (Å²) in [5, 5.41) is 6.18. The van der Waals surface area contributed by atoms with E-state index in [1.165, 1.54) is 5.56 Å². The van der Waals surface area contributed by atoms with Crippen molar-refractivity contribution in [2.45, 2.75) is 45.4 Å². The first kappa shape index (κ1) is 25.5. The van der Waals surface area contributed by atoms with Crippen molar-refractivity contribution < 1.29 is 14.3 Å². The van der Waals surface area contributed by atoms with Crippen molar-refractivity contribution in [3.05, 3.63) is 23.8 Å². The van der Waals surface area contributed by atoms with E-state index in [1.54, 1.807) is 7.05 Å². The molecule has 2 heterocycles. The lowest BCUT2D eigenvalue weighted by Crippen LogP contribution is -2.46. The van der Waals surface area contributed by atoms with Crippen molar-refractivity contribution in [3.63, 3.8) is 0 Å². The van der Waals surface area contributed by atoms with E-state index in [4.69, 9.17) is 14.5 Å². The Hall–Kier alpha value is -1.71. The smallest absolute Gasteiger partial charge is 0.220 e. The minimum absolute atomic E-state index is 0. The topological polar surface area (TPSA) is 75.2 Å². The van der Waals surface area contributed by atoms with E-state index in [1.807, 2.05) is 6.07 Å². The molecular weight excluding hydrogens is 507 g/mol. The first-order valence-corrected chi connectivity index (χ1v) is 11.1. The van der Waals surface area contributed by atoms with Gasteiger partial charge in [-0.3, -0.25) is 9.79 Å². The molecule has 8 heteroatoms. The molecule has 0 aromatic heterocycles. The average molecular weight is 544 g/mol. The van der Waals surface area contributed by atoms with E-state index in [-0.39, 0.29) is 35.3 Å². The number of benzene rings is 1. The van der Waals surface area contributed by atoms with Crippen LogP contribution in [0.15, 0.2) is 23.2 Å². The summed E-state index contributed by atoms with van der Waals surface area (Å²) in [4.78, 5) is 19.0. The lowest BCUT2D eigenvalue weighted by atomic mass is 9.84. The SMILES string of the molecule is CCNC(=NCC(C)(C)c1ccc2c(c1)OCCO2)N1CCC(CC(=O)NC)CC1.I. The summed E-state index contributed by atoms with van der Waals surface area (Å²) in [7, 11) is 1.71.